The van der Waals surface area contributed by atoms with Gasteiger partial charge in [-0.15, -0.1) is 0 Å². The molecule has 2 aliphatic carbocycles. The third-order valence-electron chi connectivity index (χ3n) is 3.95. The van der Waals surface area contributed by atoms with Crippen molar-refractivity contribution >= 4 is 11.6 Å². The van der Waals surface area contributed by atoms with Gasteiger partial charge in [-0.2, -0.15) is 0 Å². The van der Waals surface area contributed by atoms with Crippen LogP contribution < -0.4 is 0 Å². The van der Waals surface area contributed by atoms with Crippen molar-refractivity contribution in [1.82, 2.24) is 0 Å². The average Bonchev–Trinajstić information content (AvgIpc) is 2.31. The van der Waals surface area contributed by atoms with Crippen LogP contribution in [0.4, 0.5) is 0 Å². The fourth-order valence-corrected chi connectivity index (χ4v) is 2.86. The lowest BCUT2D eigenvalue weighted by Gasteiger charge is -2.34. The van der Waals surface area contributed by atoms with Gasteiger partial charge in [0, 0.05) is 23.8 Å². The maximum atomic E-state index is 12.2. The molecule has 1 aromatic rings. The molecule has 0 bridgehead atoms. The second kappa shape index (κ2) is 3.55. The molecule has 2 heteroatoms. The molecule has 2 atom stereocenters. The van der Waals surface area contributed by atoms with Crippen LogP contribution in [0.1, 0.15) is 35.2 Å². The van der Waals surface area contributed by atoms with Gasteiger partial charge >= 0.3 is 0 Å². The zero-order valence-corrected chi connectivity index (χ0v) is 9.11. The molecular weight excluding hydrogens is 200 g/mol. The molecule has 0 saturated heterocycles. The fourth-order valence-electron chi connectivity index (χ4n) is 2.86. The number of Topliss-reactive ketones (excluding diaryl/α,β-unsaturated/α-hetero) is 2. The Bertz CT molecular complexity index is 462. The lowest BCUT2D eigenvalue weighted by molar-refractivity contribution is -0.131. The minimum Gasteiger partial charge on any atom is -0.299 e. The molecule has 0 amide bonds. The van der Waals surface area contributed by atoms with Crippen molar-refractivity contribution in [3.05, 3.63) is 35.4 Å². The Morgan fingerprint density at radius 2 is 1.69 bits per heavy atom. The summed E-state index contributed by atoms with van der Waals surface area (Å²) >= 11 is 0. The molecule has 2 unspecified atom stereocenters. The summed E-state index contributed by atoms with van der Waals surface area (Å²) < 4.78 is 0. The third kappa shape index (κ3) is 1.33. The van der Waals surface area contributed by atoms with Crippen LogP contribution in [0.15, 0.2) is 24.3 Å². The number of carbonyl (C=O) groups excluding carboxylic acids is 2. The Morgan fingerprint density at radius 1 is 0.938 bits per heavy atom. The minimum absolute atomic E-state index is 0.0286. The molecule has 0 radical (unpaired) electrons. The Kier molecular flexibility index (Phi) is 2.16. The van der Waals surface area contributed by atoms with E-state index in [1.165, 1.54) is 0 Å². The van der Waals surface area contributed by atoms with Crippen LogP contribution >= 0.6 is 0 Å². The Balaban J connectivity index is 1.92. The van der Waals surface area contributed by atoms with Gasteiger partial charge in [0.15, 0.2) is 5.78 Å². The Labute approximate surface area is 94.7 Å². The molecule has 2 aliphatic rings. The summed E-state index contributed by atoms with van der Waals surface area (Å²) in [4.78, 5) is 23.7. The zero-order chi connectivity index (χ0) is 11.1. The minimum atomic E-state index is -0.0313. The number of carbonyl (C=O) groups is 2. The van der Waals surface area contributed by atoms with E-state index in [0.29, 0.717) is 6.42 Å². The van der Waals surface area contributed by atoms with E-state index in [4.69, 9.17) is 0 Å². The van der Waals surface area contributed by atoms with Crippen molar-refractivity contribution in [2.75, 3.05) is 0 Å². The maximum Gasteiger partial charge on any atom is 0.166 e. The van der Waals surface area contributed by atoms with Gasteiger partial charge in [-0.1, -0.05) is 24.3 Å². The van der Waals surface area contributed by atoms with Crippen molar-refractivity contribution in [1.29, 1.82) is 0 Å². The molecule has 0 spiro atoms. The molecule has 0 N–H and O–H groups in total. The molecule has 1 saturated carbocycles. The first-order chi connectivity index (χ1) is 7.77. The lowest BCUT2D eigenvalue weighted by atomic mass is 9.67. The number of hydrogen-bond acceptors (Lipinski definition) is 2. The maximum absolute atomic E-state index is 12.2. The molecule has 3 rings (SSSR count). The van der Waals surface area contributed by atoms with Crippen LogP contribution in [0.2, 0.25) is 0 Å². The van der Waals surface area contributed by atoms with Crippen LogP contribution in [0.3, 0.4) is 0 Å². The number of ketones is 2. The van der Waals surface area contributed by atoms with Gasteiger partial charge in [-0.05, 0) is 24.8 Å². The highest BCUT2D eigenvalue weighted by Crippen LogP contribution is 2.38. The first-order valence-electron chi connectivity index (χ1n) is 5.92. The Morgan fingerprint density at radius 3 is 2.38 bits per heavy atom. The monoisotopic (exact) mass is 214 g/mol. The molecule has 1 fully saturated rings. The van der Waals surface area contributed by atoms with Gasteiger partial charge in [0.2, 0.25) is 0 Å². The standard InChI is InChI=1S/C14H14O2/c15-13-8-7-11(13)12-6-5-9-3-1-2-4-10(9)14(12)16/h1-4,11-12H,5-8H2. The van der Waals surface area contributed by atoms with Crippen LogP contribution in [0.25, 0.3) is 0 Å². The van der Waals surface area contributed by atoms with E-state index in [0.717, 1.165) is 30.4 Å². The molecule has 16 heavy (non-hydrogen) atoms. The molecule has 82 valence electrons. The van der Waals surface area contributed by atoms with Gasteiger partial charge < -0.3 is 0 Å². The van der Waals surface area contributed by atoms with Crippen molar-refractivity contribution in [3.63, 3.8) is 0 Å². The van der Waals surface area contributed by atoms with E-state index in [1.807, 2.05) is 24.3 Å². The predicted molar refractivity (Wildman–Crippen MR) is 60.3 cm³/mol. The summed E-state index contributed by atoms with van der Waals surface area (Å²) in [5, 5.41) is 0. The first-order valence-corrected chi connectivity index (χ1v) is 5.92. The molecule has 0 heterocycles. The highest BCUT2D eigenvalue weighted by atomic mass is 16.1. The predicted octanol–water partition coefficient (Wildman–Crippen LogP) is 2.41. The highest BCUT2D eigenvalue weighted by Gasteiger charge is 2.41. The summed E-state index contributed by atoms with van der Waals surface area (Å²) in [6.07, 6.45) is 3.39. The zero-order valence-electron chi connectivity index (χ0n) is 9.11. The second-order valence-corrected chi connectivity index (χ2v) is 4.78. The number of aryl methyl sites for hydroxylation is 1. The number of hydrogen-bond donors (Lipinski definition) is 0. The van der Waals surface area contributed by atoms with Crippen LogP contribution in [-0.2, 0) is 11.2 Å². The third-order valence-corrected chi connectivity index (χ3v) is 3.95. The van der Waals surface area contributed by atoms with E-state index in [9.17, 15) is 9.59 Å². The second-order valence-electron chi connectivity index (χ2n) is 4.78. The van der Waals surface area contributed by atoms with Crippen LogP contribution in [-0.4, -0.2) is 11.6 Å². The smallest absolute Gasteiger partial charge is 0.166 e. The number of benzene rings is 1. The summed E-state index contributed by atoms with van der Waals surface area (Å²) in [6.45, 7) is 0. The number of rotatable bonds is 1. The fraction of sp³-hybridized carbons (Fsp3) is 0.429. The first kappa shape index (κ1) is 9.76. The molecule has 1 aromatic carbocycles. The van der Waals surface area contributed by atoms with E-state index in [-0.39, 0.29) is 23.4 Å². The van der Waals surface area contributed by atoms with E-state index in [2.05, 4.69) is 0 Å². The average molecular weight is 214 g/mol. The normalized spacial score (nSPS) is 28.5. The Hall–Kier alpha value is -1.44. The van der Waals surface area contributed by atoms with Gasteiger partial charge in [0.1, 0.15) is 5.78 Å². The summed E-state index contributed by atoms with van der Waals surface area (Å²) in [5.74, 6) is 0.481. The largest absolute Gasteiger partial charge is 0.299 e. The molecule has 0 aromatic heterocycles. The summed E-state index contributed by atoms with van der Waals surface area (Å²) in [6, 6.07) is 7.79. The van der Waals surface area contributed by atoms with Crippen molar-refractivity contribution in [2.24, 2.45) is 11.8 Å². The van der Waals surface area contributed by atoms with E-state index in [1.54, 1.807) is 0 Å². The van der Waals surface area contributed by atoms with Crippen molar-refractivity contribution in [2.45, 2.75) is 25.7 Å². The van der Waals surface area contributed by atoms with Crippen molar-refractivity contribution < 1.29 is 9.59 Å². The van der Waals surface area contributed by atoms with E-state index < -0.39 is 0 Å². The summed E-state index contributed by atoms with van der Waals surface area (Å²) in [7, 11) is 0. The van der Waals surface area contributed by atoms with Crippen LogP contribution in [0.5, 0.6) is 0 Å². The summed E-state index contributed by atoms with van der Waals surface area (Å²) in [5.41, 5.74) is 1.99. The molecule has 0 aliphatic heterocycles. The van der Waals surface area contributed by atoms with E-state index >= 15 is 0 Å². The van der Waals surface area contributed by atoms with Gasteiger partial charge in [0.05, 0.1) is 0 Å². The molecule has 2 nitrogen and oxygen atoms in total. The number of fused-ring (bicyclic) bond motifs is 1. The van der Waals surface area contributed by atoms with Crippen molar-refractivity contribution in [3.8, 4) is 0 Å². The van der Waals surface area contributed by atoms with Gasteiger partial charge in [-0.25, -0.2) is 0 Å². The van der Waals surface area contributed by atoms with Gasteiger partial charge in [0.25, 0.3) is 0 Å². The molecular formula is C14H14O2. The van der Waals surface area contributed by atoms with Crippen LogP contribution in [0, 0.1) is 11.8 Å². The van der Waals surface area contributed by atoms with Gasteiger partial charge in [-0.3, -0.25) is 9.59 Å². The highest BCUT2D eigenvalue weighted by molar-refractivity contribution is 6.03. The SMILES string of the molecule is O=C1CCC1C1CCc2ccccc2C1=O. The quantitative estimate of drug-likeness (QED) is 0.719. The topological polar surface area (TPSA) is 34.1 Å². The lowest BCUT2D eigenvalue weighted by Crippen LogP contribution is -2.39.